The van der Waals surface area contributed by atoms with E-state index in [1.165, 1.54) is 0 Å². The minimum atomic E-state index is 0.396. The van der Waals surface area contributed by atoms with E-state index in [2.05, 4.69) is 5.10 Å². The molecule has 1 aromatic heterocycles. The molecule has 1 heterocycles. The molecule has 16 heavy (non-hydrogen) atoms. The number of ether oxygens (including phenoxy) is 1. The van der Waals surface area contributed by atoms with Gasteiger partial charge in [-0.05, 0) is 24.3 Å². The zero-order chi connectivity index (χ0) is 11.5. The molecule has 0 bridgehead atoms. The van der Waals surface area contributed by atoms with Crippen LogP contribution in [-0.4, -0.2) is 9.78 Å². The molecule has 5 heteroatoms. The predicted octanol–water partition coefficient (Wildman–Crippen LogP) is 2.23. The fourth-order valence-electron chi connectivity index (χ4n) is 1.30. The van der Waals surface area contributed by atoms with Crippen molar-refractivity contribution in [1.82, 2.24) is 9.78 Å². The van der Waals surface area contributed by atoms with Crippen LogP contribution in [0.15, 0.2) is 30.3 Å². The SMILES string of the molecule is Cn1nc(COc2ccc(Cl)cc2)cc1N. The number of nitrogens with zero attached hydrogens (tertiary/aromatic N) is 2. The fourth-order valence-corrected chi connectivity index (χ4v) is 1.43. The Bertz CT molecular complexity index is 459. The second kappa shape index (κ2) is 4.45. The molecule has 0 unspecified atom stereocenters. The summed E-state index contributed by atoms with van der Waals surface area (Å²) in [5, 5.41) is 4.87. The van der Waals surface area contributed by atoms with E-state index in [-0.39, 0.29) is 0 Å². The lowest BCUT2D eigenvalue weighted by Gasteiger charge is -2.03. The number of halogens is 1. The van der Waals surface area contributed by atoms with Gasteiger partial charge in [0.05, 0.1) is 0 Å². The lowest BCUT2D eigenvalue weighted by molar-refractivity contribution is 0.300. The first kappa shape index (κ1) is 10.8. The second-order valence-electron chi connectivity index (χ2n) is 3.43. The summed E-state index contributed by atoms with van der Waals surface area (Å²) in [6, 6.07) is 8.98. The molecule has 0 atom stereocenters. The number of nitrogens with two attached hydrogens (primary N) is 1. The molecule has 0 spiro atoms. The highest BCUT2D eigenvalue weighted by Crippen LogP contribution is 2.17. The second-order valence-corrected chi connectivity index (χ2v) is 3.86. The van der Waals surface area contributed by atoms with E-state index in [1.807, 2.05) is 12.1 Å². The first-order chi connectivity index (χ1) is 7.65. The van der Waals surface area contributed by atoms with Crippen molar-refractivity contribution in [2.24, 2.45) is 7.05 Å². The van der Waals surface area contributed by atoms with Crippen molar-refractivity contribution < 1.29 is 4.74 Å². The predicted molar refractivity (Wildman–Crippen MR) is 63.4 cm³/mol. The van der Waals surface area contributed by atoms with E-state index in [0.717, 1.165) is 11.4 Å². The molecule has 0 radical (unpaired) electrons. The molecule has 0 amide bonds. The van der Waals surface area contributed by atoms with E-state index in [1.54, 1.807) is 29.9 Å². The summed E-state index contributed by atoms with van der Waals surface area (Å²) >= 11 is 5.77. The Morgan fingerprint density at radius 3 is 2.62 bits per heavy atom. The van der Waals surface area contributed by atoms with Gasteiger partial charge in [0.25, 0.3) is 0 Å². The molecule has 4 nitrogen and oxygen atoms in total. The summed E-state index contributed by atoms with van der Waals surface area (Å²) in [4.78, 5) is 0. The lowest BCUT2D eigenvalue weighted by Crippen LogP contribution is -1.99. The first-order valence-electron chi connectivity index (χ1n) is 4.82. The molecule has 0 fully saturated rings. The maximum absolute atomic E-state index is 5.77. The number of hydrogen-bond acceptors (Lipinski definition) is 3. The summed E-state index contributed by atoms with van der Waals surface area (Å²) in [6.45, 7) is 0.396. The molecule has 0 aliphatic rings. The third kappa shape index (κ3) is 2.46. The minimum absolute atomic E-state index is 0.396. The third-order valence-corrected chi connectivity index (χ3v) is 2.42. The van der Waals surface area contributed by atoms with Crippen LogP contribution in [0.25, 0.3) is 0 Å². The van der Waals surface area contributed by atoms with E-state index in [4.69, 9.17) is 22.1 Å². The molecule has 0 aliphatic carbocycles. The Balaban J connectivity index is 1.99. The van der Waals surface area contributed by atoms with Crippen LogP contribution in [0.3, 0.4) is 0 Å². The van der Waals surface area contributed by atoms with Crippen LogP contribution >= 0.6 is 11.6 Å². The van der Waals surface area contributed by atoms with Gasteiger partial charge in [-0.2, -0.15) is 5.10 Å². The van der Waals surface area contributed by atoms with E-state index in [9.17, 15) is 0 Å². The van der Waals surface area contributed by atoms with Crippen LogP contribution in [0, 0.1) is 0 Å². The van der Waals surface area contributed by atoms with Crippen LogP contribution in [0.4, 0.5) is 5.82 Å². The van der Waals surface area contributed by atoms with Crippen molar-refractivity contribution in [3.8, 4) is 5.75 Å². The van der Waals surface area contributed by atoms with Crippen molar-refractivity contribution in [3.05, 3.63) is 41.0 Å². The van der Waals surface area contributed by atoms with Gasteiger partial charge < -0.3 is 10.5 Å². The Morgan fingerprint density at radius 2 is 2.06 bits per heavy atom. The Hall–Kier alpha value is -1.68. The van der Waals surface area contributed by atoms with Crippen LogP contribution < -0.4 is 10.5 Å². The summed E-state index contributed by atoms with van der Waals surface area (Å²) in [7, 11) is 1.79. The molecule has 84 valence electrons. The molecular formula is C11H12ClN3O. The number of rotatable bonds is 3. The van der Waals surface area contributed by atoms with Crippen molar-refractivity contribution in [1.29, 1.82) is 0 Å². The van der Waals surface area contributed by atoms with Gasteiger partial charge in [0.1, 0.15) is 23.9 Å². The van der Waals surface area contributed by atoms with Crippen molar-refractivity contribution >= 4 is 17.4 Å². The normalized spacial score (nSPS) is 10.4. The van der Waals surface area contributed by atoms with Crippen molar-refractivity contribution in [2.45, 2.75) is 6.61 Å². The number of hydrogen-bond donors (Lipinski definition) is 1. The van der Waals surface area contributed by atoms with Crippen molar-refractivity contribution in [2.75, 3.05) is 5.73 Å². The fraction of sp³-hybridized carbons (Fsp3) is 0.182. The minimum Gasteiger partial charge on any atom is -0.487 e. The van der Waals surface area contributed by atoms with E-state index in [0.29, 0.717) is 17.4 Å². The molecule has 0 saturated carbocycles. The highest BCUT2D eigenvalue weighted by Gasteiger charge is 2.02. The quantitative estimate of drug-likeness (QED) is 0.891. The molecule has 2 N–H and O–H groups in total. The average Bonchev–Trinajstić information content (AvgIpc) is 2.58. The zero-order valence-electron chi connectivity index (χ0n) is 8.85. The summed E-state index contributed by atoms with van der Waals surface area (Å²) in [6.07, 6.45) is 0. The lowest BCUT2D eigenvalue weighted by atomic mass is 10.3. The Labute approximate surface area is 98.6 Å². The zero-order valence-corrected chi connectivity index (χ0v) is 9.61. The molecule has 2 aromatic rings. The van der Waals surface area contributed by atoms with Crippen molar-refractivity contribution in [3.63, 3.8) is 0 Å². The van der Waals surface area contributed by atoms with Gasteiger partial charge in [0.2, 0.25) is 0 Å². The Morgan fingerprint density at radius 1 is 1.38 bits per heavy atom. The average molecular weight is 238 g/mol. The maximum Gasteiger partial charge on any atom is 0.132 e. The highest BCUT2D eigenvalue weighted by atomic mass is 35.5. The standard InChI is InChI=1S/C11H12ClN3O/c1-15-11(13)6-9(14-15)7-16-10-4-2-8(12)3-5-10/h2-6H,7,13H2,1H3. The van der Waals surface area contributed by atoms with Gasteiger partial charge in [0, 0.05) is 18.1 Å². The van der Waals surface area contributed by atoms with Gasteiger partial charge in [-0.1, -0.05) is 11.6 Å². The van der Waals surface area contributed by atoms with Crippen LogP contribution in [0.5, 0.6) is 5.75 Å². The summed E-state index contributed by atoms with van der Waals surface area (Å²) < 4.78 is 7.14. The number of nitrogen functional groups attached to an aromatic ring is 1. The van der Waals surface area contributed by atoms with Gasteiger partial charge in [-0.15, -0.1) is 0 Å². The highest BCUT2D eigenvalue weighted by molar-refractivity contribution is 6.30. The van der Waals surface area contributed by atoms with E-state index < -0.39 is 0 Å². The number of anilines is 1. The smallest absolute Gasteiger partial charge is 0.132 e. The summed E-state index contributed by atoms with van der Waals surface area (Å²) in [5.41, 5.74) is 6.46. The van der Waals surface area contributed by atoms with Crippen LogP contribution in [0.2, 0.25) is 5.02 Å². The molecule has 0 saturated heterocycles. The first-order valence-corrected chi connectivity index (χ1v) is 5.20. The maximum atomic E-state index is 5.77. The monoisotopic (exact) mass is 237 g/mol. The van der Waals surface area contributed by atoms with Gasteiger partial charge in [-0.3, -0.25) is 4.68 Å². The third-order valence-electron chi connectivity index (χ3n) is 2.17. The number of aromatic nitrogens is 2. The molecule has 0 aliphatic heterocycles. The molecular weight excluding hydrogens is 226 g/mol. The van der Waals surface area contributed by atoms with Gasteiger partial charge >= 0.3 is 0 Å². The molecule has 2 rings (SSSR count). The number of benzene rings is 1. The van der Waals surface area contributed by atoms with Gasteiger partial charge in [-0.25, -0.2) is 0 Å². The Kier molecular flexibility index (Phi) is 3.01. The topological polar surface area (TPSA) is 53.1 Å². The van der Waals surface area contributed by atoms with Crippen LogP contribution in [0.1, 0.15) is 5.69 Å². The van der Waals surface area contributed by atoms with E-state index >= 15 is 0 Å². The van der Waals surface area contributed by atoms with Gasteiger partial charge in [0.15, 0.2) is 0 Å². The number of aryl methyl sites for hydroxylation is 1. The summed E-state index contributed by atoms with van der Waals surface area (Å²) in [5.74, 6) is 1.38. The van der Waals surface area contributed by atoms with Crippen LogP contribution in [-0.2, 0) is 13.7 Å². The molecule has 1 aromatic carbocycles. The largest absolute Gasteiger partial charge is 0.487 e.